The SMILES string of the molecule is CC(C)c1noc(C(C)NC(=O)c2cc(F)cc(NC(=O)c3cccs3)c2)n1. The molecule has 1 atom stereocenters. The number of carbonyl (C=O) groups is 2. The third-order valence-electron chi connectivity index (χ3n) is 3.85. The molecule has 0 aliphatic rings. The van der Waals surface area contributed by atoms with Gasteiger partial charge in [0.25, 0.3) is 11.8 Å². The molecule has 3 rings (SSSR count). The van der Waals surface area contributed by atoms with Crippen LogP contribution in [-0.2, 0) is 0 Å². The molecule has 0 bridgehead atoms. The molecule has 1 aromatic carbocycles. The maximum atomic E-state index is 14.0. The highest BCUT2D eigenvalue weighted by atomic mass is 32.1. The number of hydrogen-bond donors (Lipinski definition) is 2. The van der Waals surface area contributed by atoms with Gasteiger partial charge in [0, 0.05) is 17.2 Å². The smallest absolute Gasteiger partial charge is 0.265 e. The monoisotopic (exact) mass is 402 g/mol. The number of carbonyl (C=O) groups excluding carboxylic acids is 2. The average Bonchev–Trinajstić information content (AvgIpc) is 3.33. The summed E-state index contributed by atoms with van der Waals surface area (Å²) in [5.74, 6) is -0.629. The predicted molar refractivity (Wildman–Crippen MR) is 103 cm³/mol. The Hall–Kier alpha value is -3.07. The zero-order valence-electron chi connectivity index (χ0n) is 15.5. The van der Waals surface area contributed by atoms with E-state index in [0.29, 0.717) is 10.7 Å². The lowest BCUT2D eigenvalue weighted by Gasteiger charge is -2.11. The molecule has 7 nitrogen and oxygen atoms in total. The molecule has 1 unspecified atom stereocenters. The molecule has 0 radical (unpaired) electrons. The van der Waals surface area contributed by atoms with Crippen molar-refractivity contribution in [3.63, 3.8) is 0 Å². The number of thiophene rings is 1. The minimum absolute atomic E-state index is 0.0666. The Bertz CT molecular complexity index is 985. The van der Waals surface area contributed by atoms with Gasteiger partial charge in [0.05, 0.1) is 4.88 Å². The fourth-order valence-corrected chi connectivity index (χ4v) is 3.01. The third kappa shape index (κ3) is 4.61. The Morgan fingerprint density at radius 3 is 2.61 bits per heavy atom. The molecule has 2 heterocycles. The molecule has 0 aliphatic heterocycles. The van der Waals surface area contributed by atoms with Crippen LogP contribution >= 0.6 is 11.3 Å². The van der Waals surface area contributed by atoms with Gasteiger partial charge in [-0.1, -0.05) is 25.1 Å². The molecule has 2 aromatic heterocycles. The standard InChI is InChI=1S/C19H19FN4O3S/c1-10(2)16-23-19(27-24-16)11(3)21-17(25)12-7-13(20)9-14(8-12)22-18(26)15-5-4-6-28-15/h4-11H,1-3H3,(H,21,25)(H,22,26). The molecule has 2 N–H and O–H groups in total. The second-order valence-electron chi connectivity index (χ2n) is 6.50. The molecule has 146 valence electrons. The minimum Gasteiger partial charge on any atom is -0.341 e. The summed E-state index contributed by atoms with van der Waals surface area (Å²) in [5.41, 5.74) is 0.257. The van der Waals surface area contributed by atoms with Crippen molar-refractivity contribution >= 4 is 28.8 Å². The van der Waals surface area contributed by atoms with E-state index in [2.05, 4.69) is 20.8 Å². The summed E-state index contributed by atoms with van der Waals surface area (Å²) < 4.78 is 19.1. The van der Waals surface area contributed by atoms with Gasteiger partial charge < -0.3 is 15.2 Å². The molecule has 0 fully saturated rings. The van der Waals surface area contributed by atoms with Gasteiger partial charge in [-0.25, -0.2) is 4.39 Å². The van der Waals surface area contributed by atoms with E-state index in [1.54, 1.807) is 24.4 Å². The number of hydrogen-bond acceptors (Lipinski definition) is 6. The van der Waals surface area contributed by atoms with Crippen molar-refractivity contribution in [3.05, 3.63) is 63.7 Å². The number of amides is 2. The minimum atomic E-state index is -0.637. The lowest BCUT2D eigenvalue weighted by molar-refractivity contribution is 0.0931. The van der Waals surface area contributed by atoms with E-state index in [0.717, 1.165) is 12.1 Å². The first-order valence-corrected chi connectivity index (χ1v) is 9.51. The van der Waals surface area contributed by atoms with Crippen LogP contribution in [0.2, 0.25) is 0 Å². The van der Waals surface area contributed by atoms with E-state index in [-0.39, 0.29) is 29.0 Å². The van der Waals surface area contributed by atoms with Crippen LogP contribution in [0.15, 0.2) is 40.2 Å². The van der Waals surface area contributed by atoms with E-state index in [1.807, 2.05) is 13.8 Å². The normalized spacial score (nSPS) is 12.0. The van der Waals surface area contributed by atoms with E-state index < -0.39 is 17.8 Å². The van der Waals surface area contributed by atoms with Crippen LogP contribution < -0.4 is 10.6 Å². The van der Waals surface area contributed by atoms with Gasteiger partial charge in [-0.05, 0) is 36.6 Å². The third-order valence-corrected chi connectivity index (χ3v) is 4.72. The molecule has 0 saturated heterocycles. The van der Waals surface area contributed by atoms with Gasteiger partial charge in [-0.2, -0.15) is 4.98 Å². The number of rotatable bonds is 6. The van der Waals surface area contributed by atoms with Gasteiger partial charge in [-0.15, -0.1) is 11.3 Å². The molecule has 0 aliphatic carbocycles. The number of aromatic nitrogens is 2. The van der Waals surface area contributed by atoms with Gasteiger partial charge in [0.2, 0.25) is 5.89 Å². The van der Waals surface area contributed by atoms with Crippen LogP contribution in [0.25, 0.3) is 0 Å². The Balaban J connectivity index is 1.72. The summed E-state index contributed by atoms with van der Waals surface area (Å²) in [6, 6.07) is 6.50. The average molecular weight is 402 g/mol. The molecule has 9 heteroatoms. The predicted octanol–water partition coefficient (Wildman–Crippen LogP) is 4.14. The van der Waals surface area contributed by atoms with Crippen LogP contribution in [0.4, 0.5) is 10.1 Å². The van der Waals surface area contributed by atoms with Crippen LogP contribution in [0.5, 0.6) is 0 Å². The van der Waals surface area contributed by atoms with Gasteiger partial charge >= 0.3 is 0 Å². The van der Waals surface area contributed by atoms with Gasteiger partial charge in [0.1, 0.15) is 11.9 Å². The summed E-state index contributed by atoms with van der Waals surface area (Å²) in [6.07, 6.45) is 0. The number of nitrogens with zero attached hydrogens (tertiary/aromatic N) is 2. The largest absolute Gasteiger partial charge is 0.341 e. The van der Waals surface area contributed by atoms with E-state index in [9.17, 15) is 14.0 Å². The Morgan fingerprint density at radius 2 is 1.96 bits per heavy atom. The van der Waals surface area contributed by atoms with E-state index in [1.165, 1.54) is 17.4 Å². The van der Waals surface area contributed by atoms with Gasteiger partial charge in [0.15, 0.2) is 5.82 Å². The highest BCUT2D eigenvalue weighted by molar-refractivity contribution is 7.12. The topological polar surface area (TPSA) is 97.1 Å². The van der Waals surface area contributed by atoms with Crippen molar-refractivity contribution < 1.29 is 18.5 Å². The Kier molecular flexibility index (Phi) is 5.84. The summed E-state index contributed by atoms with van der Waals surface area (Å²) >= 11 is 1.27. The van der Waals surface area contributed by atoms with E-state index in [4.69, 9.17) is 4.52 Å². The lowest BCUT2D eigenvalue weighted by atomic mass is 10.1. The van der Waals surface area contributed by atoms with Crippen LogP contribution in [0, 0.1) is 5.82 Å². The van der Waals surface area contributed by atoms with E-state index >= 15 is 0 Å². The molecular formula is C19H19FN4O3S. The summed E-state index contributed by atoms with van der Waals surface area (Å²) in [7, 11) is 0. The van der Waals surface area contributed by atoms with Crippen molar-refractivity contribution in [1.29, 1.82) is 0 Å². The Morgan fingerprint density at radius 1 is 1.18 bits per heavy atom. The van der Waals surface area contributed by atoms with Gasteiger partial charge in [-0.3, -0.25) is 9.59 Å². The zero-order valence-corrected chi connectivity index (χ0v) is 16.3. The molecule has 28 heavy (non-hydrogen) atoms. The lowest BCUT2D eigenvalue weighted by Crippen LogP contribution is -2.27. The fourth-order valence-electron chi connectivity index (χ4n) is 2.39. The second-order valence-corrected chi connectivity index (χ2v) is 7.45. The first-order chi connectivity index (χ1) is 13.3. The summed E-state index contributed by atoms with van der Waals surface area (Å²) in [5, 5.41) is 10.9. The maximum Gasteiger partial charge on any atom is 0.265 e. The first kappa shape index (κ1) is 19.7. The second kappa shape index (κ2) is 8.30. The fraction of sp³-hybridized carbons (Fsp3) is 0.263. The van der Waals surface area contributed by atoms with Crippen LogP contribution in [-0.4, -0.2) is 22.0 Å². The highest BCUT2D eigenvalue weighted by Gasteiger charge is 2.19. The number of anilines is 1. The molecule has 3 aromatic rings. The molecular weight excluding hydrogens is 383 g/mol. The highest BCUT2D eigenvalue weighted by Crippen LogP contribution is 2.19. The zero-order chi connectivity index (χ0) is 20.3. The van der Waals surface area contributed by atoms with Crippen molar-refractivity contribution in [1.82, 2.24) is 15.5 Å². The van der Waals surface area contributed by atoms with Crippen LogP contribution in [0.3, 0.4) is 0 Å². The summed E-state index contributed by atoms with van der Waals surface area (Å²) in [4.78, 5) is 29.4. The first-order valence-electron chi connectivity index (χ1n) is 8.63. The Labute approximate surface area is 165 Å². The van der Waals surface area contributed by atoms with Crippen molar-refractivity contribution in [2.24, 2.45) is 0 Å². The molecule has 0 spiro atoms. The quantitative estimate of drug-likeness (QED) is 0.646. The molecule has 0 saturated carbocycles. The van der Waals surface area contributed by atoms with Crippen molar-refractivity contribution in [2.75, 3.05) is 5.32 Å². The summed E-state index contributed by atoms with van der Waals surface area (Å²) in [6.45, 7) is 5.54. The molecule has 2 amide bonds. The van der Waals surface area contributed by atoms with Crippen molar-refractivity contribution in [3.8, 4) is 0 Å². The number of nitrogens with one attached hydrogen (secondary N) is 2. The maximum absolute atomic E-state index is 14.0. The number of benzene rings is 1. The number of halogens is 1. The van der Waals surface area contributed by atoms with Crippen LogP contribution in [0.1, 0.15) is 64.5 Å². The van der Waals surface area contributed by atoms with Crippen molar-refractivity contribution in [2.45, 2.75) is 32.7 Å².